The standard InChI is InChI=1S/C12H14FNO4/c13-9-3-1-8(2-4-9)7-11(16)14-6-5-10(15)12(17)18/h1-4,10,15H,5-7H2,(H,14,16)(H,17,18). The monoisotopic (exact) mass is 255 g/mol. The van der Waals surface area contributed by atoms with Gasteiger partial charge in [-0.25, -0.2) is 9.18 Å². The first-order valence-electron chi connectivity index (χ1n) is 5.41. The molecule has 0 saturated carbocycles. The van der Waals surface area contributed by atoms with Crippen LogP contribution in [-0.2, 0) is 16.0 Å². The zero-order valence-electron chi connectivity index (χ0n) is 9.60. The molecule has 0 radical (unpaired) electrons. The Morgan fingerprint density at radius 1 is 1.28 bits per heavy atom. The number of carbonyl (C=O) groups is 2. The molecule has 5 nitrogen and oxygen atoms in total. The number of hydrogen-bond acceptors (Lipinski definition) is 3. The van der Waals surface area contributed by atoms with E-state index in [4.69, 9.17) is 10.2 Å². The second-order valence-electron chi connectivity index (χ2n) is 3.80. The van der Waals surface area contributed by atoms with Crippen molar-refractivity contribution < 1.29 is 24.2 Å². The van der Waals surface area contributed by atoms with Crippen molar-refractivity contribution in [3.05, 3.63) is 35.6 Å². The van der Waals surface area contributed by atoms with Gasteiger partial charge in [-0.1, -0.05) is 12.1 Å². The molecule has 0 bridgehead atoms. The summed E-state index contributed by atoms with van der Waals surface area (Å²) in [5.74, 6) is -1.99. The van der Waals surface area contributed by atoms with Crippen molar-refractivity contribution in [1.82, 2.24) is 5.32 Å². The molecule has 0 aliphatic rings. The fraction of sp³-hybridized carbons (Fsp3) is 0.333. The van der Waals surface area contributed by atoms with Gasteiger partial charge in [0, 0.05) is 13.0 Å². The Kier molecular flexibility index (Phi) is 5.26. The molecule has 0 heterocycles. The molecule has 6 heteroatoms. The average Bonchev–Trinajstić information content (AvgIpc) is 2.32. The third-order valence-electron chi connectivity index (χ3n) is 2.30. The van der Waals surface area contributed by atoms with E-state index in [1.165, 1.54) is 24.3 Å². The lowest BCUT2D eigenvalue weighted by Crippen LogP contribution is -2.30. The van der Waals surface area contributed by atoms with Gasteiger partial charge >= 0.3 is 5.97 Å². The Labute approximate surface area is 103 Å². The summed E-state index contributed by atoms with van der Waals surface area (Å²) in [5.41, 5.74) is 0.660. The number of benzene rings is 1. The molecule has 1 amide bonds. The number of carboxylic acids is 1. The molecule has 0 aromatic heterocycles. The normalized spacial score (nSPS) is 11.9. The maximum Gasteiger partial charge on any atom is 0.332 e. The van der Waals surface area contributed by atoms with Gasteiger partial charge < -0.3 is 15.5 Å². The number of nitrogens with one attached hydrogen (secondary N) is 1. The van der Waals surface area contributed by atoms with E-state index in [9.17, 15) is 14.0 Å². The molecule has 0 aliphatic carbocycles. The highest BCUT2D eigenvalue weighted by Gasteiger charge is 2.12. The maximum absolute atomic E-state index is 12.6. The van der Waals surface area contributed by atoms with E-state index in [1.54, 1.807) is 0 Å². The van der Waals surface area contributed by atoms with Crippen LogP contribution in [0, 0.1) is 5.82 Å². The molecular weight excluding hydrogens is 241 g/mol. The summed E-state index contributed by atoms with van der Waals surface area (Å²) in [4.78, 5) is 21.7. The van der Waals surface area contributed by atoms with Gasteiger partial charge in [-0.15, -0.1) is 0 Å². The highest BCUT2D eigenvalue weighted by atomic mass is 19.1. The van der Waals surface area contributed by atoms with E-state index in [1.807, 2.05) is 0 Å². The predicted molar refractivity (Wildman–Crippen MR) is 61.4 cm³/mol. The summed E-state index contributed by atoms with van der Waals surface area (Å²) >= 11 is 0. The molecule has 1 unspecified atom stereocenters. The smallest absolute Gasteiger partial charge is 0.332 e. The molecule has 1 aromatic carbocycles. The van der Waals surface area contributed by atoms with Crippen LogP contribution >= 0.6 is 0 Å². The minimum atomic E-state index is -1.48. The summed E-state index contributed by atoms with van der Waals surface area (Å²) in [6, 6.07) is 5.52. The Morgan fingerprint density at radius 2 is 1.89 bits per heavy atom. The van der Waals surface area contributed by atoms with Crippen molar-refractivity contribution in [2.45, 2.75) is 18.9 Å². The third kappa shape index (κ3) is 4.92. The fourth-order valence-corrected chi connectivity index (χ4v) is 1.32. The lowest BCUT2D eigenvalue weighted by Gasteiger charge is -2.07. The summed E-state index contributed by atoms with van der Waals surface area (Å²) in [6.45, 7) is 0.0769. The number of amides is 1. The lowest BCUT2D eigenvalue weighted by molar-refractivity contribution is -0.147. The van der Waals surface area contributed by atoms with Gasteiger partial charge in [0.25, 0.3) is 0 Å². The molecule has 0 fully saturated rings. The van der Waals surface area contributed by atoms with Crippen molar-refractivity contribution >= 4 is 11.9 Å². The highest BCUT2D eigenvalue weighted by molar-refractivity contribution is 5.78. The van der Waals surface area contributed by atoms with Crippen LogP contribution in [0.2, 0.25) is 0 Å². The molecule has 1 aromatic rings. The second-order valence-corrected chi connectivity index (χ2v) is 3.80. The summed E-state index contributed by atoms with van der Waals surface area (Å²) in [7, 11) is 0. The maximum atomic E-state index is 12.6. The van der Waals surface area contributed by atoms with Crippen LogP contribution in [-0.4, -0.2) is 34.7 Å². The SMILES string of the molecule is O=C(Cc1ccc(F)cc1)NCCC(O)C(=O)O. The van der Waals surface area contributed by atoms with Crippen molar-refractivity contribution in [2.24, 2.45) is 0 Å². The van der Waals surface area contributed by atoms with Crippen LogP contribution in [0.4, 0.5) is 4.39 Å². The van der Waals surface area contributed by atoms with Crippen molar-refractivity contribution in [2.75, 3.05) is 6.54 Å². The first-order valence-corrected chi connectivity index (χ1v) is 5.41. The van der Waals surface area contributed by atoms with E-state index in [0.29, 0.717) is 5.56 Å². The molecule has 0 spiro atoms. The van der Waals surface area contributed by atoms with E-state index in [2.05, 4.69) is 5.32 Å². The highest BCUT2D eigenvalue weighted by Crippen LogP contribution is 2.03. The van der Waals surface area contributed by atoms with Crippen LogP contribution in [0.3, 0.4) is 0 Å². The molecular formula is C12H14FNO4. The molecule has 18 heavy (non-hydrogen) atoms. The number of aliphatic hydroxyl groups excluding tert-OH is 1. The van der Waals surface area contributed by atoms with Crippen LogP contribution < -0.4 is 5.32 Å². The number of carbonyl (C=O) groups excluding carboxylic acids is 1. The van der Waals surface area contributed by atoms with E-state index >= 15 is 0 Å². The van der Waals surface area contributed by atoms with Gasteiger partial charge in [0.15, 0.2) is 6.10 Å². The molecule has 0 saturated heterocycles. The van der Waals surface area contributed by atoms with Gasteiger partial charge in [0.1, 0.15) is 5.82 Å². The largest absolute Gasteiger partial charge is 0.479 e. The number of rotatable bonds is 6. The third-order valence-corrected chi connectivity index (χ3v) is 2.30. The Hall–Kier alpha value is -1.95. The van der Waals surface area contributed by atoms with Crippen LogP contribution in [0.15, 0.2) is 24.3 Å². The van der Waals surface area contributed by atoms with E-state index in [-0.39, 0.29) is 31.1 Å². The summed E-state index contributed by atoms with van der Waals surface area (Å²) < 4.78 is 12.6. The zero-order chi connectivity index (χ0) is 13.5. The van der Waals surface area contributed by atoms with E-state index in [0.717, 1.165) is 0 Å². The summed E-state index contributed by atoms with van der Waals surface area (Å²) in [6.07, 6.45) is -1.44. The van der Waals surface area contributed by atoms with Crippen LogP contribution in [0.1, 0.15) is 12.0 Å². The van der Waals surface area contributed by atoms with E-state index < -0.39 is 12.1 Å². The molecule has 3 N–H and O–H groups in total. The predicted octanol–water partition coefficient (Wildman–Crippen LogP) is 0.320. The van der Waals surface area contributed by atoms with Gasteiger partial charge in [-0.05, 0) is 17.7 Å². The molecule has 1 atom stereocenters. The number of hydrogen-bond donors (Lipinski definition) is 3. The molecule has 98 valence electrons. The lowest BCUT2D eigenvalue weighted by atomic mass is 10.1. The molecule has 1 rings (SSSR count). The first-order chi connectivity index (χ1) is 8.49. The first kappa shape index (κ1) is 14.1. The van der Waals surface area contributed by atoms with Crippen LogP contribution in [0.25, 0.3) is 0 Å². The van der Waals surface area contributed by atoms with Crippen LogP contribution in [0.5, 0.6) is 0 Å². The Balaban J connectivity index is 2.30. The molecule has 0 aliphatic heterocycles. The topological polar surface area (TPSA) is 86.6 Å². The van der Waals surface area contributed by atoms with Gasteiger partial charge in [0.2, 0.25) is 5.91 Å². The quantitative estimate of drug-likeness (QED) is 0.683. The zero-order valence-corrected chi connectivity index (χ0v) is 9.60. The average molecular weight is 255 g/mol. The van der Waals surface area contributed by atoms with Gasteiger partial charge in [-0.2, -0.15) is 0 Å². The van der Waals surface area contributed by atoms with Crippen molar-refractivity contribution in [3.63, 3.8) is 0 Å². The van der Waals surface area contributed by atoms with Crippen molar-refractivity contribution in [3.8, 4) is 0 Å². The number of aliphatic hydroxyl groups is 1. The summed E-state index contributed by atoms with van der Waals surface area (Å²) in [5, 5.41) is 19.9. The minimum Gasteiger partial charge on any atom is -0.479 e. The van der Waals surface area contributed by atoms with Crippen molar-refractivity contribution in [1.29, 1.82) is 0 Å². The second kappa shape index (κ2) is 6.70. The number of halogens is 1. The number of carboxylic acid groups (broad SMARTS) is 1. The Morgan fingerprint density at radius 3 is 2.44 bits per heavy atom. The van der Waals surface area contributed by atoms with Gasteiger partial charge in [0.05, 0.1) is 6.42 Å². The Bertz CT molecular complexity index is 419. The van der Waals surface area contributed by atoms with Gasteiger partial charge in [-0.3, -0.25) is 4.79 Å². The number of aliphatic carboxylic acids is 1. The fourth-order valence-electron chi connectivity index (χ4n) is 1.32. The minimum absolute atomic E-state index is 0.0511.